The number of para-hydroxylation sites is 1. The van der Waals surface area contributed by atoms with Crippen LogP contribution in [0.2, 0.25) is 0 Å². The van der Waals surface area contributed by atoms with Crippen LogP contribution in [0.15, 0.2) is 24.3 Å². The van der Waals surface area contributed by atoms with Gasteiger partial charge in [0.2, 0.25) is 5.91 Å². The third kappa shape index (κ3) is 2.97. The first-order valence-electron chi connectivity index (χ1n) is 4.60. The summed E-state index contributed by atoms with van der Waals surface area (Å²) in [5, 5.41) is 2.90. The number of hydrogen-bond acceptors (Lipinski definition) is 1. The standard InChI is InChI=1S/C11H14INO/c1-8(2)9-5-3-4-6-10(9)13-11(14)7-12/h3-6,8H,7H2,1-2H3,(H,13,14). The van der Waals surface area contributed by atoms with Gasteiger partial charge in [0.25, 0.3) is 0 Å². The normalized spacial score (nSPS) is 10.3. The maximum Gasteiger partial charge on any atom is 0.234 e. The zero-order chi connectivity index (χ0) is 10.6. The fourth-order valence-corrected chi connectivity index (χ4v) is 1.49. The van der Waals surface area contributed by atoms with E-state index in [1.54, 1.807) is 0 Å². The maximum absolute atomic E-state index is 11.2. The first-order chi connectivity index (χ1) is 6.65. The molecule has 0 fully saturated rings. The summed E-state index contributed by atoms with van der Waals surface area (Å²) in [4.78, 5) is 11.2. The van der Waals surface area contributed by atoms with Gasteiger partial charge < -0.3 is 5.32 Å². The van der Waals surface area contributed by atoms with Crippen molar-refractivity contribution in [1.29, 1.82) is 0 Å². The second-order valence-corrected chi connectivity index (χ2v) is 4.19. The molecular formula is C11H14INO. The number of nitrogens with one attached hydrogen (secondary N) is 1. The monoisotopic (exact) mass is 303 g/mol. The third-order valence-electron chi connectivity index (χ3n) is 1.98. The Morgan fingerprint density at radius 2 is 2.07 bits per heavy atom. The Morgan fingerprint density at radius 3 is 2.64 bits per heavy atom. The van der Waals surface area contributed by atoms with E-state index in [2.05, 4.69) is 41.8 Å². The van der Waals surface area contributed by atoms with E-state index in [0.29, 0.717) is 10.3 Å². The van der Waals surface area contributed by atoms with Gasteiger partial charge in [-0.2, -0.15) is 0 Å². The maximum atomic E-state index is 11.2. The van der Waals surface area contributed by atoms with E-state index in [1.807, 2.05) is 24.3 Å². The molecule has 0 bridgehead atoms. The van der Waals surface area contributed by atoms with Gasteiger partial charge in [0.05, 0.1) is 4.43 Å². The summed E-state index contributed by atoms with van der Waals surface area (Å²) in [6, 6.07) is 7.93. The second-order valence-electron chi connectivity index (χ2n) is 3.42. The highest BCUT2D eigenvalue weighted by atomic mass is 127. The number of anilines is 1. The van der Waals surface area contributed by atoms with Crippen LogP contribution in [0.1, 0.15) is 25.3 Å². The Bertz CT molecular complexity index is 323. The molecule has 1 amide bonds. The molecule has 1 aromatic carbocycles. The van der Waals surface area contributed by atoms with E-state index >= 15 is 0 Å². The molecule has 0 atom stereocenters. The number of rotatable bonds is 3. The molecule has 14 heavy (non-hydrogen) atoms. The lowest BCUT2D eigenvalue weighted by atomic mass is 10.0. The molecule has 1 N–H and O–H groups in total. The lowest BCUT2D eigenvalue weighted by Crippen LogP contribution is -2.13. The lowest BCUT2D eigenvalue weighted by Gasteiger charge is -2.12. The fraction of sp³-hybridized carbons (Fsp3) is 0.364. The fourth-order valence-electron chi connectivity index (χ4n) is 1.30. The van der Waals surface area contributed by atoms with E-state index in [0.717, 1.165) is 5.69 Å². The second kappa shape index (κ2) is 5.34. The van der Waals surface area contributed by atoms with Crippen LogP contribution >= 0.6 is 22.6 Å². The number of carbonyl (C=O) groups excluding carboxylic acids is 1. The summed E-state index contributed by atoms with van der Waals surface area (Å²) >= 11 is 2.06. The van der Waals surface area contributed by atoms with Crippen LogP contribution in [0.5, 0.6) is 0 Å². The molecule has 0 unspecified atom stereocenters. The van der Waals surface area contributed by atoms with Crippen molar-refractivity contribution in [2.45, 2.75) is 19.8 Å². The van der Waals surface area contributed by atoms with Gasteiger partial charge in [0.1, 0.15) is 0 Å². The van der Waals surface area contributed by atoms with Crippen molar-refractivity contribution >= 4 is 34.2 Å². The van der Waals surface area contributed by atoms with Crippen molar-refractivity contribution in [3.63, 3.8) is 0 Å². The molecule has 1 aromatic rings. The van der Waals surface area contributed by atoms with Crippen LogP contribution in [0.25, 0.3) is 0 Å². The molecule has 2 nitrogen and oxygen atoms in total. The Balaban J connectivity index is 2.90. The minimum atomic E-state index is 0.0544. The van der Waals surface area contributed by atoms with E-state index in [9.17, 15) is 4.79 Å². The van der Waals surface area contributed by atoms with Crippen LogP contribution in [0.3, 0.4) is 0 Å². The smallest absolute Gasteiger partial charge is 0.234 e. The SMILES string of the molecule is CC(C)c1ccccc1NC(=O)CI. The highest BCUT2D eigenvalue weighted by molar-refractivity contribution is 14.1. The minimum absolute atomic E-state index is 0.0544. The zero-order valence-electron chi connectivity index (χ0n) is 8.38. The highest BCUT2D eigenvalue weighted by Crippen LogP contribution is 2.23. The van der Waals surface area contributed by atoms with Gasteiger partial charge in [-0.15, -0.1) is 0 Å². The minimum Gasteiger partial charge on any atom is -0.325 e. The number of amides is 1. The zero-order valence-corrected chi connectivity index (χ0v) is 10.5. The first kappa shape index (κ1) is 11.5. The van der Waals surface area contributed by atoms with Gasteiger partial charge in [0, 0.05) is 5.69 Å². The molecule has 76 valence electrons. The number of alkyl halides is 1. The lowest BCUT2D eigenvalue weighted by molar-refractivity contribution is -0.113. The summed E-state index contributed by atoms with van der Waals surface area (Å²) < 4.78 is 0.490. The topological polar surface area (TPSA) is 29.1 Å². The van der Waals surface area contributed by atoms with Crippen molar-refractivity contribution in [2.24, 2.45) is 0 Å². The predicted molar refractivity (Wildman–Crippen MR) is 68.0 cm³/mol. The molecule has 0 saturated carbocycles. The molecule has 0 aliphatic carbocycles. The molecule has 0 radical (unpaired) electrons. The number of halogens is 1. The Labute approximate surface area is 98.2 Å². The van der Waals surface area contributed by atoms with Crippen LogP contribution in [-0.2, 0) is 4.79 Å². The van der Waals surface area contributed by atoms with Gasteiger partial charge in [-0.05, 0) is 17.5 Å². The Kier molecular flexibility index (Phi) is 4.38. The Hall–Kier alpha value is -0.580. The number of carbonyl (C=O) groups is 1. The number of hydrogen-bond donors (Lipinski definition) is 1. The van der Waals surface area contributed by atoms with Crippen LogP contribution < -0.4 is 5.32 Å². The van der Waals surface area contributed by atoms with Gasteiger partial charge in [-0.25, -0.2) is 0 Å². The van der Waals surface area contributed by atoms with Crippen molar-refractivity contribution < 1.29 is 4.79 Å². The molecule has 0 aliphatic rings. The largest absolute Gasteiger partial charge is 0.325 e. The average molecular weight is 303 g/mol. The van der Waals surface area contributed by atoms with E-state index in [1.165, 1.54) is 5.56 Å². The van der Waals surface area contributed by atoms with Crippen LogP contribution in [-0.4, -0.2) is 10.3 Å². The predicted octanol–water partition coefficient (Wildman–Crippen LogP) is 3.18. The summed E-state index contributed by atoms with van der Waals surface area (Å²) in [5.41, 5.74) is 2.12. The molecule has 1 rings (SSSR count). The van der Waals surface area contributed by atoms with Gasteiger partial charge >= 0.3 is 0 Å². The van der Waals surface area contributed by atoms with Crippen molar-refractivity contribution in [3.8, 4) is 0 Å². The quantitative estimate of drug-likeness (QED) is 0.674. The van der Waals surface area contributed by atoms with Crippen LogP contribution in [0, 0.1) is 0 Å². The van der Waals surface area contributed by atoms with Crippen molar-refractivity contribution in [1.82, 2.24) is 0 Å². The summed E-state index contributed by atoms with van der Waals surface area (Å²) in [7, 11) is 0. The summed E-state index contributed by atoms with van der Waals surface area (Å²) in [5.74, 6) is 0.486. The summed E-state index contributed by atoms with van der Waals surface area (Å²) in [6.07, 6.45) is 0. The molecule has 0 aromatic heterocycles. The average Bonchev–Trinajstić information content (AvgIpc) is 2.18. The molecule has 0 heterocycles. The van der Waals surface area contributed by atoms with E-state index < -0.39 is 0 Å². The first-order valence-corrected chi connectivity index (χ1v) is 6.12. The van der Waals surface area contributed by atoms with E-state index in [4.69, 9.17) is 0 Å². The molecular weight excluding hydrogens is 289 g/mol. The molecule has 0 spiro atoms. The van der Waals surface area contributed by atoms with E-state index in [-0.39, 0.29) is 5.91 Å². The highest BCUT2D eigenvalue weighted by Gasteiger charge is 2.07. The molecule has 0 aliphatic heterocycles. The summed E-state index contributed by atoms with van der Waals surface area (Å²) in [6.45, 7) is 4.24. The third-order valence-corrected chi connectivity index (χ3v) is 2.67. The number of benzene rings is 1. The van der Waals surface area contributed by atoms with Crippen LogP contribution in [0.4, 0.5) is 5.69 Å². The van der Waals surface area contributed by atoms with Gasteiger partial charge in [0.15, 0.2) is 0 Å². The molecule has 3 heteroatoms. The van der Waals surface area contributed by atoms with Gasteiger partial charge in [-0.1, -0.05) is 54.6 Å². The van der Waals surface area contributed by atoms with Gasteiger partial charge in [-0.3, -0.25) is 4.79 Å². The van der Waals surface area contributed by atoms with Crippen molar-refractivity contribution in [2.75, 3.05) is 9.74 Å². The molecule has 0 saturated heterocycles. The van der Waals surface area contributed by atoms with Crippen molar-refractivity contribution in [3.05, 3.63) is 29.8 Å². The Morgan fingerprint density at radius 1 is 1.43 bits per heavy atom.